The van der Waals surface area contributed by atoms with Crippen molar-refractivity contribution < 1.29 is 0 Å². The van der Waals surface area contributed by atoms with E-state index in [1.54, 1.807) is 0 Å². The van der Waals surface area contributed by atoms with Gasteiger partial charge in [-0.1, -0.05) is 6.92 Å². The highest BCUT2D eigenvalue weighted by molar-refractivity contribution is 7.10. The van der Waals surface area contributed by atoms with E-state index >= 15 is 0 Å². The minimum absolute atomic E-state index is 0.384. The number of piperazine rings is 1. The molecule has 1 saturated heterocycles. The summed E-state index contributed by atoms with van der Waals surface area (Å²) in [7, 11) is 0. The van der Waals surface area contributed by atoms with Gasteiger partial charge in [-0.2, -0.15) is 0 Å². The van der Waals surface area contributed by atoms with Crippen LogP contribution >= 0.6 is 11.3 Å². The summed E-state index contributed by atoms with van der Waals surface area (Å²) < 4.78 is 0. The Bertz CT molecular complexity index is 646. The number of hydrogen-bond acceptors (Lipinski definition) is 5. The zero-order valence-electron chi connectivity index (χ0n) is 15.0. The highest BCUT2D eigenvalue weighted by Gasteiger charge is 2.17. The van der Waals surface area contributed by atoms with E-state index in [9.17, 15) is 0 Å². The summed E-state index contributed by atoms with van der Waals surface area (Å²) in [6.07, 6.45) is 1.94. The summed E-state index contributed by atoms with van der Waals surface area (Å²) in [5, 5.41) is 5.81. The fourth-order valence-corrected chi connectivity index (χ4v) is 4.19. The first-order chi connectivity index (χ1) is 11.7. The Hall–Kier alpha value is -1.43. The zero-order chi connectivity index (χ0) is 16.9. The summed E-state index contributed by atoms with van der Waals surface area (Å²) in [6, 6.07) is 6.93. The second-order valence-corrected chi connectivity index (χ2v) is 7.46. The molecule has 3 rings (SSSR count). The second-order valence-electron chi connectivity index (χ2n) is 6.51. The molecule has 2 aromatic rings. The molecular weight excluding hydrogens is 316 g/mol. The summed E-state index contributed by atoms with van der Waals surface area (Å²) in [6.45, 7) is 13.1. The number of aryl methyl sites for hydroxylation is 1. The number of hydrogen-bond donors (Lipinski definition) is 1. The molecule has 0 unspecified atom stereocenters. The van der Waals surface area contributed by atoms with Gasteiger partial charge < -0.3 is 15.1 Å². The third-order valence-corrected chi connectivity index (χ3v) is 6.06. The van der Waals surface area contributed by atoms with Crippen LogP contribution in [-0.4, -0.2) is 42.6 Å². The fraction of sp³-hybridized carbons (Fsp3) is 0.526. The van der Waals surface area contributed by atoms with Gasteiger partial charge in [0.2, 0.25) is 0 Å². The monoisotopic (exact) mass is 344 g/mol. The topological polar surface area (TPSA) is 31.4 Å². The molecule has 1 aliphatic rings. The molecule has 1 aliphatic heterocycles. The molecular formula is C19H28N4S. The van der Waals surface area contributed by atoms with Crippen molar-refractivity contribution in [1.82, 2.24) is 15.2 Å². The Kier molecular flexibility index (Phi) is 5.87. The van der Waals surface area contributed by atoms with E-state index < -0.39 is 0 Å². The Balaban J connectivity index is 1.58. The largest absolute Gasteiger partial charge is 0.354 e. The number of aromatic nitrogens is 1. The van der Waals surface area contributed by atoms with Gasteiger partial charge in [0.05, 0.1) is 0 Å². The molecule has 1 atom stereocenters. The molecule has 3 heterocycles. The minimum atomic E-state index is 0.384. The molecule has 0 saturated carbocycles. The molecule has 0 bridgehead atoms. The van der Waals surface area contributed by atoms with Crippen LogP contribution in [0.2, 0.25) is 0 Å². The van der Waals surface area contributed by atoms with Crippen LogP contribution in [0.3, 0.4) is 0 Å². The van der Waals surface area contributed by atoms with Crippen molar-refractivity contribution in [3.63, 3.8) is 0 Å². The third-order valence-electron chi connectivity index (χ3n) is 4.86. The molecule has 4 nitrogen and oxygen atoms in total. The van der Waals surface area contributed by atoms with Crippen molar-refractivity contribution in [3.05, 3.63) is 45.8 Å². The molecule has 0 aromatic carbocycles. The van der Waals surface area contributed by atoms with Crippen LogP contribution in [-0.2, 0) is 6.54 Å². The zero-order valence-corrected chi connectivity index (χ0v) is 15.8. The lowest BCUT2D eigenvalue weighted by Gasteiger charge is -2.34. The first-order valence-electron chi connectivity index (χ1n) is 8.87. The lowest BCUT2D eigenvalue weighted by molar-refractivity contribution is 0.270. The average Bonchev–Trinajstić information content (AvgIpc) is 3.06. The fourth-order valence-electron chi connectivity index (χ4n) is 3.23. The maximum absolute atomic E-state index is 4.59. The predicted octanol–water partition coefficient (Wildman–Crippen LogP) is 3.44. The summed E-state index contributed by atoms with van der Waals surface area (Å²) >= 11 is 1.83. The van der Waals surface area contributed by atoms with E-state index in [2.05, 4.69) is 64.5 Å². The number of rotatable bonds is 6. The van der Waals surface area contributed by atoms with Gasteiger partial charge in [0.15, 0.2) is 0 Å². The highest BCUT2D eigenvalue weighted by Crippen LogP contribution is 2.24. The average molecular weight is 345 g/mol. The molecule has 1 N–H and O–H groups in total. The summed E-state index contributed by atoms with van der Waals surface area (Å²) in [5.74, 6) is 1.12. The van der Waals surface area contributed by atoms with Gasteiger partial charge >= 0.3 is 0 Å². The Morgan fingerprint density at radius 3 is 2.71 bits per heavy atom. The third kappa shape index (κ3) is 4.15. The Morgan fingerprint density at radius 2 is 2.04 bits per heavy atom. The van der Waals surface area contributed by atoms with Crippen LogP contribution in [0.4, 0.5) is 5.82 Å². The summed E-state index contributed by atoms with van der Waals surface area (Å²) in [5.41, 5.74) is 2.68. The SMILES string of the molecule is CCN1CCN(c2cc(CN[C@@H](C)c3sccc3C)ccn2)CC1. The molecule has 130 valence electrons. The molecule has 0 radical (unpaired) electrons. The van der Waals surface area contributed by atoms with E-state index in [-0.39, 0.29) is 0 Å². The standard InChI is InChI=1S/C19H28N4S/c1-4-22-8-10-23(11-9-22)18-13-17(5-7-20-18)14-21-16(3)19-15(2)6-12-24-19/h5-7,12-13,16,21H,4,8-11,14H2,1-3H3/t16-/m0/s1. The maximum Gasteiger partial charge on any atom is 0.128 e. The van der Waals surface area contributed by atoms with Crippen molar-refractivity contribution in [1.29, 1.82) is 0 Å². The van der Waals surface area contributed by atoms with E-state index in [4.69, 9.17) is 0 Å². The Labute approximate surface area is 149 Å². The molecule has 1 fully saturated rings. The number of thiophene rings is 1. The van der Waals surface area contributed by atoms with Crippen molar-refractivity contribution >= 4 is 17.2 Å². The normalized spacial score (nSPS) is 17.2. The van der Waals surface area contributed by atoms with E-state index in [1.165, 1.54) is 16.0 Å². The molecule has 0 aliphatic carbocycles. The van der Waals surface area contributed by atoms with Gasteiger partial charge in [-0.05, 0) is 55.1 Å². The van der Waals surface area contributed by atoms with Gasteiger partial charge in [0, 0.05) is 49.8 Å². The van der Waals surface area contributed by atoms with E-state index in [0.29, 0.717) is 6.04 Å². The van der Waals surface area contributed by atoms with Crippen molar-refractivity contribution in [2.45, 2.75) is 33.4 Å². The Morgan fingerprint density at radius 1 is 1.25 bits per heavy atom. The van der Waals surface area contributed by atoms with Crippen LogP contribution in [0.1, 0.15) is 35.9 Å². The van der Waals surface area contributed by atoms with Gasteiger partial charge in [-0.3, -0.25) is 0 Å². The van der Waals surface area contributed by atoms with Crippen LogP contribution in [0.5, 0.6) is 0 Å². The number of pyridine rings is 1. The number of nitrogens with zero attached hydrogens (tertiary/aromatic N) is 3. The van der Waals surface area contributed by atoms with E-state index in [1.807, 2.05) is 17.5 Å². The van der Waals surface area contributed by atoms with Gasteiger partial charge in [0.1, 0.15) is 5.82 Å². The van der Waals surface area contributed by atoms with Crippen LogP contribution in [0.15, 0.2) is 29.8 Å². The predicted molar refractivity (Wildman–Crippen MR) is 103 cm³/mol. The molecule has 5 heteroatoms. The van der Waals surface area contributed by atoms with Crippen molar-refractivity contribution in [2.75, 3.05) is 37.6 Å². The lowest BCUT2D eigenvalue weighted by atomic mass is 10.1. The van der Waals surface area contributed by atoms with Gasteiger partial charge in [-0.15, -0.1) is 11.3 Å². The number of likely N-dealkylation sites (N-methyl/N-ethyl adjacent to an activating group) is 1. The summed E-state index contributed by atoms with van der Waals surface area (Å²) in [4.78, 5) is 10.9. The molecule has 0 spiro atoms. The minimum Gasteiger partial charge on any atom is -0.354 e. The first kappa shape index (κ1) is 17.4. The smallest absolute Gasteiger partial charge is 0.128 e. The lowest BCUT2D eigenvalue weighted by Crippen LogP contribution is -2.46. The van der Waals surface area contributed by atoms with Crippen LogP contribution in [0.25, 0.3) is 0 Å². The second kappa shape index (κ2) is 8.10. The number of nitrogens with one attached hydrogen (secondary N) is 1. The maximum atomic E-state index is 4.59. The van der Waals surface area contributed by atoms with Gasteiger partial charge in [-0.25, -0.2) is 4.98 Å². The number of anilines is 1. The molecule has 24 heavy (non-hydrogen) atoms. The highest BCUT2D eigenvalue weighted by atomic mass is 32.1. The van der Waals surface area contributed by atoms with Crippen LogP contribution < -0.4 is 10.2 Å². The van der Waals surface area contributed by atoms with Crippen LogP contribution in [0, 0.1) is 6.92 Å². The van der Waals surface area contributed by atoms with Gasteiger partial charge in [0.25, 0.3) is 0 Å². The molecule has 2 aromatic heterocycles. The van der Waals surface area contributed by atoms with Crippen molar-refractivity contribution in [3.8, 4) is 0 Å². The molecule has 0 amide bonds. The first-order valence-corrected chi connectivity index (χ1v) is 9.75. The van der Waals surface area contributed by atoms with Crippen molar-refractivity contribution in [2.24, 2.45) is 0 Å². The quantitative estimate of drug-likeness (QED) is 0.870. The van der Waals surface area contributed by atoms with E-state index in [0.717, 1.165) is 45.1 Å².